The SMILES string of the molecule is C=C(Cl)CSc1nnc2n(-c3ccccc3)c(=O)c3c4c(sc3n12)CN(C)CC4. The number of hydrogen-bond acceptors (Lipinski definition) is 6. The maximum Gasteiger partial charge on any atom is 0.268 e. The lowest BCUT2D eigenvalue weighted by Gasteiger charge is -2.21. The van der Waals surface area contributed by atoms with Gasteiger partial charge in [0.05, 0.1) is 11.1 Å². The van der Waals surface area contributed by atoms with Gasteiger partial charge in [0.2, 0.25) is 5.78 Å². The van der Waals surface area contributed by atoms with Gasteiger partial charge in [-0.15, -0.1) is 21.5 Å². The van der Waals surface area contributed by atoms with E-state index < -0.39 is 0 Å². The maximum absolute atomic E-state index is 13.7. The van der Waals surface area contributed by atoms with Crippen LogP contribution in [0, 0.1) is 0 Å². The Bertz CT molecular complexity index is 1310. The summed E-state index contributed by atoms with van der Waals surface area (Å²) in [7, 11) is 2.11. The molecular weight excluding hydrogens is 426 g/mol. The van der Waals surface area contributed by atoms with E-state index in [-0.39, 0.29) is 5.56 Å². The summed E-state index contributed by atoms with van der Waals surface area (Å²) in [4.78, 5) is 18.1. The fourth-order valence-electron chi connectivity index (χ4n) is 3.73. The summed E-state index contributed by atoms with van der Waals surface area (Å²) in [5, 5.41) is 10.8. The second-order valence-corrected chi connectivity index (χ2v) is 9.63. The average Bonchev–Trinajstić information content (AvgIpc) is 3.28. The number of nitrogens with zero attached hydrogens (tertiary/aromatic N) is 5. The first kappa shape index (κ1) is 18.9. The number of rotatable bonds is 4. The lowest BCUT2D eigenvalue weighted by atomic mass is 10.1. The molecule has 0 N–H and O–H groups in total. The molecule has 0 aliphatic carbocycles. The number of likely N-dealkylation sites (N-methyl/N-ethyl adjacent to an activating group) is 1. The van der Waals surface area contributed by atoms with E-state index in [4.69, 9.17) is 11.6 Å². The molecule has 1 aromatic carbocycles. The van der Waals surface area contributed by atoms with Crippen LogP contribution in [-0.2, 0) is 13.0 Å². The topological polar surface area (TPSA) is 55.4 Å². The number of fused-ring (bicyclic) bond motifs is 5. The molecule has 6 nitrogen and oxygen atoms in total. The Balaban J connectivity index is 1.88. The summed E-state index contributed by atoms with van der Waals surface area (Å²) >= 11 is 9.12. The van der Waals surface area contributed by atoms with Gasteiger partial charge in [-0.1, -0.05) is 48.1 Å². The Kier molecular flexibility index (Phi) is 4.74. The van der Waals surface area contributed by atoms with Crippen molar-refractivity contribution in [3.63, 3.8) is 0 Å². The van der Waals surface area contributed by atoms with Crippen LogP contribution in [-0.4, -0.2) is 43.4 Å². The first-order valence-electron chi connectivity index (χ1n) is 9.19. The summed E-state index contributed by atoms with van der Waals surface area (Å²) in [6, 6.07) is 9.61. The van der Waals surface area contributed by atoms with E-state index in [0.717, 1.165) is 41.0 Å². The minimum Gasteiger partial charge on any atom is -0.301 e. The smallest absolute Gasteiger partial charge is 0.268 e. The zero-order valence-electron chi connectivity index (χ0n) is 15.8. The molecule has 0 bridgehead atoms. The van der Waals surface area contributed by atoms with Gasteiger partial charge in [-0.3, -0.25) is 4.79 Å². The Morgan fingerprint density at radius 2 is 2.10 bits per heavy atom. The predicted octanol–water partition coefficient (Wildman–Crippen LogP) is 3.93. The van der Waals surface area contributed by atoms with E-state index in [1.54, 1.807) is 15.9 Å². The number of para-hydroxylation sites is 1. The minimum atomic E-state index is -0.0357. The zero-order chi connectivity index (χ0) is 20.1. The van der Waals surface area contributed by atoms with Crippen LogP contribution < -0.4 is 5.56 Å². The highest BCUT2D eigenvalue weighted by atomic mass is 35.5. The van der Waals surface area contributed by atoms with E-state index in [9.17, 15) is 4.79 Å². The van der Waals surface area contributed by atoms with E-state index in [1.165, 1.54) is 16.6 Å². The molecule has 0 saturated carbocycles. The van der Waals surface area contributed by atoms with Crippen LogP contribution in [0.2, 0.25) is 0 Å². The Hall–Kier alpha value is -2.13. The van der Waals surface area contributed by atoms with Crippen LogP contribution >= 0.6 is 34.7 Å². The van der Waals surface area contributed by atoms with Gasteiger partial charge in [0, 0.05) is 28.8 Å². The molecule has 4 aromatic rings. The fraction of sp³-hybridized carbons (Fsp3) is 0.250. The standard InChI is InChI=1S/C20H18ClN5OS2/c1-12(21)11-28-20-23-22-19-25(13-6-4-3-5-7-13)17(27)16-14-8-9-24(2)10-15(14)29-18(16)26(19)20/h3-7H,1,8-11H2,2H3. The van der Waals surface area contributed by atoms with E-state index in [0.29, 0.717) is 21.7 Å². The zero-order valence-corrected chi connectivity index (χ0v) is 18.1. The molecule has 1 aliphatic heterocycles. The van der Waals surface area contributed by atoms with Crippen molar-refractivity contribution in [1.82, 2.24) is 24.1 Å². The molecule has 4 heterocycles. The summed E-state index contributed by atoms with van der Waals surface area (Å²) in [5.41, 5.74) is 1.90. The first-order chi connectivity index (χ1) is 14.0. The molecule has 1 aliphatic rings. The van der Waals surface area contributed by atoms with Crippen molar-refractivity contribution < 1.29 is 0 Å². The third kappa shape index (κ3) is 3.11. The number of thiophene rings is 1. The minimum absolute atomic E-state index is 0.0357. The van der Waals surface area contributed by atoms with Gasteiger partial charge in [-0.2, -0.15) is 0 Å². The van der Waals surface area contributed by atoms with Gasteiger partial charge in [0.15, 0.2) is 5.16 Å². The van der Waals surface area contributed by atoms with Gasteiger partial charge in [-0.25, -0.2) is 8.97 Å². The molecule has 0 fully saturated rings. The van der Waals surface area contributed by atoms with Crippen molar-refractivity contribution in [1.29, 1.82) is 0 Å². The highest BCUT2D eigenvalue weighted by Gasteiger charge is 2.26. The molecule has 0 amide bonds. The highest BCUT2D eigenvalue weighted by molar-refractivity contribution is 7.99. The first-order valence-corrected chi connectivity index (χ1v) is 11.4. The Labute approximate surface area is 180 Å². The number of halogens is 1. The highest BCUT2D eigenvalue weighted by Crippen LogP contribution is 2.35. The molecule has 0 saturated heterocycles. The van der Waals surface area contributed by atoms with Crippen molar-refractivity contribution in [3.8, 4) is 5.69 Å². The summed E-state index contributed by atoms with van der Waals surface area (Å²) in [6.07, 6.45) is 0.866. The number of aromatic nitrogens is 4. The van der Waals surface area contributed by atoms with E-state index in [2.05, 4.69) is 28.7 Å². The van der Waals surface area contributed by atoms with Crippen LogP contribution in [0.25, 0.3) is 21.7 Å². The molecule has 5 rings (SSSR count). The molecule has 148 valence electrons. The molecule has 29 heavy (non-hydrogen) atoms. The van der Waals surface area contributed by atoms with Gasteiger partial charge < -0.3 is 4.90 Å². The number of hydrogen-bond donors (Lipinski definition) is 0. The maximum atomic E-state index is 13.7. The van der Waals surface area contributed by atoms with Crippen molar-refractivity contribution in [2.75, 3.05) is 19.3 Å². The van der Waals surface area contributed by atoms with Crippen LogP contribution in [0.15, 0.2) is 51.9 Å². The summed E-state index contributed by atoms with van der Waals surface area (Å²) < 4.78 is 3.66. The van der Waals surface area contributed by atoms with Crippen molar-refractivity contribution in [2.24, 2.45) is 0 Å². The third-order valence-electron chi connectivity index (χ3n) is 5.04. The normalized spacial score (nSPS) is 14.6. The molecule has 0 atom stereocenters. The molecule has 0 radical (unpaired) electrons. The summed E-state index contributed by atoms with van der Waals surface area (Å²) in [5.74, 6) is 1.05. The second kappa shape index (κ2) is 7.28. The molecule has 3 aromatic heterocycles. The van der Waals surface area contributed by atoms with Gasteiger partial charge in [0.25, 0.3) is 5.56 Å². The van der Waals surface area contributed by atoms with Crippen molar-refractivity contribution in [3.05, 3.63) is 62.7 Å². The van der Waals surface area contributed by atoms with Crippen LogP contribution in [0.5, 0.6) is 0 Å². The summed E-state index contributed by atoms with van der Waals surface area (Å²) in [6.45, 7) is 5.56. The van der Waals surface area contributed by atoms with Gasteiger partial charge in [-0.05, 0) is 31.2 Å². The molecule has 0 spiro atoms. The number of benzene rings is 1. The average molecular weight is 444 g/mol. The predicted molar refractivity (Wildman–Crippen MR) is 120 cm³/mol. The quantitative estimate of drug-likeness (QED) is 0.447. The molecule has 9 heteroatoms. The fourth-order valence-corrected chi connectivity index (χ4v) is 6.05. The largest absolute Gasteiger partial charge is 0.301 e. The van der Waals surface area contributed by atoms with E-state index in [1.807, 2.05) is 34.7 Å². The lowest BCUT2D eigenvalue weighted by molar-refractivity contribution is 0.318. The molecule has 0 unspecified atom stereocenters. The third-order valence-corrected chi connectivity index (χ3v) is 7.55. The molecular formula is C20H18ClN5OS2. The number of thioether (sulfide) groups is 1. The van der Waals surface area contributed by atoms with E-state index >= 15 is 0 Å². The van der Waals surface area contributed by atoms with Crippen molar-refractivity contribution in [2.45, 2.75) is 18.1 Å². The Morgan fingerprint density at radius 3 is 2.86 bits per heavy atom. The van der Waals surface area contributed by atoms with Crippen LogP contribution in [0.4, 0.5) is 0 Å². The van der Waals surface area contributed by atoms with Crippen molar-refractivity contribution >= 4 is 50.7 Å². The van der Waals surface area contributed by atoms with Crippen LogP contribution in [0.1, 0.15) is 10.4 Å². The van der Waals surface area contributed by atoms with Gasteiger partial charge >= 0.3 is 0 Å². The lowest BCUT2D eigenvalue weighted by Crippen LogP contribution is -2.27. The second-order valence-electron chi connectivity index (χ2n) is 7.07. The Morgan fingerprint density at radius 1 is 1.31 bits per heavy atom. The van der Waals surface area contributed by atoms with Crippen LogP contribution in [0.3, 0.4) is 0 Å². The van der Waals surface area contributed by atoms with Gasteiger partial charge in [0.1, 0.15) is 4.83 Å². The monoisotopic (exact) mass is 443 g/mol.